The molecule has 110 valence electrons. The maximum Gasteiger partial charge on any atom is 0.148 e. The van der Waals surface area contributed by atoms with Gasteiger partial charge in [-0.1, -0.05) is 6.92 Å². The number of hydrogen-bond donors (Lipinski definition) is 1. The molecule has 7 heteroatoms. The Hall–Kier alpha value is -0.530. The standard InChI is InChI=1S/C12H23N3O2S2/c1-5-10(13)8-11-9(2)14-15(3)12(11)18-6-7-19(4,16)17/h10H,5-8,13H2,1-4H3. The molecule has 2 N–H and O–H groups in total. The number of hydrogen-bond acceptors (Lipinski definition) is 5. The Morgan fingerprint density at radius 2 is 2.11 bits per heavy atom. The van der Waals surface area contributed by atoms with Crippen LogP contribution in [0.4, 0.5) is 0 Å². The van der Waals surface area contributed by atoms with Crippen LogP contribution in [0.15, 0.2) is 5.03 Å². The second-order valence-corrected chi connectivity index (χ2v) is 8.19. The average molecular weight is 305 g/mol. The van der Waals surface area contributed by atoms with Gasteiger partial charge in [-0.15, -0.1) is 11.8 Å². The van der Waals surface area contributed by atoms with Crippen LogP contribution in [0.5, 0.6) is 0 Å². The fraction of sp³-hybridized carbons (Fsp3) is 0.750. The smallest absolute Gasteiger partial charge is 0.148 e. The lowest BCUT2D eigenvalue weighted by Crippen LogP contribution is -2.22. The van der Waals surface area contributed by atoms with Crippen LogP contribution in [0.25, 0.3) is 0 Å². The third kappa shape index (κ3) is 5.16. The molecule has 0 aliphatic heterocycles. The molecule has 19 heavy (non-hydrogen) atoms. The predicted octanol–water partition coefficient (Wildman–Crippen LogP) is 1.15. The number of aryl methyl sites for hydroxylation is 2. The van der Waals surface area contributed by atoms with Crippen molar-refractivity contribution in [3.8, 4) is 0 Å². The van der Waals surface area contributed by atoms with Crippen LogP contribution >= 0.6 is 11.8 Å². The molecule has 1 aromatic heterocycles. The molecule has 0 spiro atoms. The maximum atomic E-state index is 11.2. The zero-order valence-electron chi connectivity index (χ0n) is 12.0. The SMILES string of the molecule is CCC(N)Cc1c(C)nn(C)c1SCCS(C)(=O)=O. The van der Waals surface area contributed by atoms with Gasteiger partial charge in [0.15, 0.2) is 0 Å². The van der Waals surface area contributed by atoms with Crippen molar-refractivity contribution in [2.75, 3.05) is 17.8 Å². The first-order chi connectivity index (χ1) is 8.74. The van der Waals surface area contributed by atoms with E-state index in [1.165, 1.54) is 18.0 Å². The number of sulfone groups is 1. The fourth-order valence-electron chi connectivity index (χ4n) is 1.79. The summed E-state index contributed by atoms with van der Waals surface area (Å²) < 4.78 is 24.1. The van der Waals surface area contributed by atoms with E-state index in [1.807, 2.05) is 18.7 Å². The Morgan fingerprint density at radius 3 is 2.63 bits per heavy atom. The predicted molar refractivity (Wildman–Crippen MR) is 80.4 cm³/mol. The molecular weight excluding hydrogens is 282 g/mol. The van der Waals surface area contributed by atoms with Gasteiger partial charge in [0.25, 0.3) is 0 Å². The lowest BCUT2D eigenvalue weighted by molar-refractivity contribution is 0.603. The summed E-state index contributed by atoms with van der Waals surface area (Å²) in [5.41, 5.74) is 8.14. The molecule has 0 fully saturated rings. The summed E-state index contributed by atoms with van der Waals surface area (Å²) in [7, 11) is -1.03. The maximum absolute atomic E-state index is 11.2. The molecule has 0 aromatic carbocycles. The van der Waals surface area contributed by atoms with Gasteiger partial charge in [0, 0.05) is 30.7 Å². The van der Waals surface area contributed by atoms with E-state index in [0.717, 1.165) is 29.1 Å². The van der Waals surface area contributed by atoms with Crippen molar-refractivity contribution in [1.29, 1.82) is 0 Å². The third-order valence-corrected chi connectivity index (χ3v) is 5.37. The van der Waals surface area contributed by atoms with E-state index in [2.05, 4.69) is 12.0 Å². The van der Waals surface area contributed by atoms with E-state index in [1.54, 1.807) is 0 Å². The number of nitrogens with zero attached hydrogens (tertiary/aromatic N) is 2. The summed E-state index contributed by atoms with van der Waals surface area (Å²) in [6.07, 6.45) is 2.97. The minimum absolute atomic E-state index is 0.122. The molecule has 1 atom stereocenters. The van der Waals surface area contributed by atoms with Crippen molar-refractivity contribution in [1.82, 2.24) is 9.78 Å². The van der Waals surface area contributed by atoms with Crippen molar-refractivity contribution in [3.63, 3.8) is 0 Å². The molecule has 0 radical (unpaired) electrons. The molecule has 1 rings (SSSR count). The lowest BCUT2D eigenvalue weighted by Gasteiger charge is -2.10. The summed E-state index contributed by atoms with van der Waals surface area (Å²) in [5.74, 6) is 0.729. The monoisotopic (exact) mass is 305 g/mol. The van der Waals surface area contributed by atoms with E-state index >= 15 is 0 Å². The molecule has 1 unspecified atom stereocenters. The van der Waals surface area contributed by atoms with Gasteiger partial charge >= 0.3 is 0 Å². The Labute approximate surface area is 119 Å². The van der Waals surface area contributed by atoms with Gasteiger partial charge in [-0.25, -0.2) is 8.42 Å². The quantitative estimate of drug-likeness (QED) is 0.765. The normalized spacial score (nSPS) is 13.7. The van der Waals surface area contributed by atoms with Crippen LogP contribution in [0.3, 0.4) is 0 Å². The molecule has 0 saturated carbocycles. The van der Waals surface area contributed by atoms with Crippen LogP contribution in [-0.2, 0) is 23.3 Å². The summed E-state index contributed by atoms with van der Waals surface area (Å²) in [4.78, 5) is 0. The van der Waals surface area contributed by atoms with Crippen molar-refractivity contribution < 1.29 is 8.42 Å². The van der Waals surface area contributed by atoms with Crippen LogP contribution in [0.2, 0.25) is 0 Å². The highest BCUT2D eigenvalue weighted by Gasteiger charge is 2.16. The molecule has 0 aliphatic carbocycles. The average Bonchev–Trinajstić information content (AvgIpc) is 2.54. The van der Waals surface area contributed by atoms with Gasteiger partial charge in [-0.05, 0) is 19.8 Å². The highest BCUT2D eigenvalue weighted by molar-refractivity contribution is 8.00. The van der Waals surface area contributed by atoms with Gasteiger partial charge in [0.1, 0.15) is 9.84 Å². The van der Waals surface area contributed by atoms with Crippen LogP contribution < -0.4 is 5.73 Å². The second kappa shape index (κ2) is 6.76. The molecule has 0 bridgehead atoms. The first-order valence-corrected chi connectivity index (χ1v) is 9.37. The van der Waals surface area contributed by atoms with Gasteiger partial charge in [-0.2, -0.15) is 5.10 Å². The summed E-state index contributed by atoms with van der Waals surface area (Å²) in [6.45, 7) is 4.03. The largest absolute Gasteiger partial charge is 0.327 e. The highest BCUT2D eigenvalue weighted by atomic mass is 32.2. The first-order valence-electron chi connectivity index (χ1n) is 6.33. The lowest BCUT2D eigenvalue weighted by atomic mass is 10.1. The zero-order valence-corrected chi connectivity index (χ0v) is 13.6. The molecule has 0 saturated heterocycles. The van der Waals surface area contributed by atoms with Gasteiger partial charge in [0.2, 0.25) is 0 Å². The molecule has 1 aromatic rings. The topological polar surface area (TPSA) is 78.0 Å². The molecule has 0 aliphatic rings. The zero-order chi connectivity index (χ0) is 14.6. The van der Waals surface area contributed by atoms with Crippen molar-refractivity contribution in [3.05, 3.63) is 11.3 Å². The van der Waals surface area contributed by atoms with Crippen molar-refractivity contribution in [2.24, 2.45) is 12.8 Å². The number of rotatable bonds is 7. The summed E-state index contributed by atoms with van der Waals surface area (Å²) in [6, 6.07) is 0.122. The van der Waals surface area contributed by atoms with Crippen molar-refractivity contribution >= 4 is 21.6 Å². The van der Waals surface area contributed by atoms with Crippen molar-refractivity contribution in [2.45, 2.75) is 37.8 Å². The van der Waals surface area contributed by atoms with E-state index < -0.39 is 9.84 Å². The number of thioether (sulfide) groups is 1. The second-order valence-electron chi connectivity index (χ2n) is 4.84. The molecular formula is C12H23N3O2S2. The summed E-state index contributed by atoms with van der Waals surface area (Å²) >= 11 is 1.54. The Kier molecular flexibility index (Phi) is 5.88. The molecule has 0 amide bonds. The van der Waals surface area contributed by atoms with Gasteiger partial charge in [0.05, 0.1) is 16.5 Å². The molecule has 1 heterocycles. The van der Waals surface area contributed by atoms with E-state index in [9.17, 15) is 8.42 Å². The minimum Gasteiger partial charge on any atom is -0.327 e. The van der Waals surface area contributed by atoms with Crippen LogP contribution in [0, 0.1) is 6.92 Å². The third-order valence-electron chi connectivity index (χ3n) is 2.97. The summed E-state index contributed by atoms with van der Waals surface area (Å²) in [5, 5.41) is 5.44. The van der Waals surface area contributed by atoms with E-state index in [4.69, 9.17) is 5.73 Å². The van der Waals surface area contributed by atoms with Gasteiger partial charge < -0.3 is 5.73 Å². The Morgan fingerprint density at radius 1 is 1.47 bits per heavy atom. The van der Waals surface area contributed by atoms with E-state index in [0.29, 0.717) is 5.75 Å². The number of aromatic nitrogens is 2. The van der Waals surface area contributed by atoms with Crippen LogP contribution in [-0.4, -0.2) is 42.0 Å². The molecule has 5 nitrogen and oxygen atoms in total. The first kappa shape index (κ1) is 16.5. The van der Waals surface area contributed by atoms with Crippen LogP contribution in [0.1, 0.15) is 24.6 Å². The van der Waals surface area contributed by atoms with Gasteiger partial charge in [-0.3, -0.25) is 4.68 Å². The Bertz CT molecular complexity index is 523. The highest BCUT2D eigenvalue weighted by Crippen LogP contribution is 2.26. The Balaban J connectivity index is 2.81. The fourth-order valence-corrected chi connectivity index (χ4v) is 4.16. The van der Waals surface area contributed by atoms with E-state index in [-0.39, 0.29) is 11.8 Å². The number of nitrogens with two attached hydrogens (primary N) is 1. The minimum atomic E-state index is -2.92.